The van der Waals surface area contributed by atoms with Gasteiger partial charge in [0.25, 0.3) is 11.8 Å². The van der Waals surface area contributed by atoms with Gasteiger partial charge < -0.3 is 0 Å². The van der Waals surface area contributed by atoms with Gasteiger partial charge in [-0.3, -0.25) is 20.2 Å². The van der Waals surface area contributed by atoms with E-state index in [1.807, 2.05) is 61.5 Å². The number of carbonyl (C=O) groups is 3. The second kappa shape index (κ2) is 6.96. The van der Waals surface area contributed by atoms with Crippen LogP contribution >= 0.6 is 0 Å². The predicted molar refractivity (Wildman–Crippen MR) is 103 cm³/mol. The smallest absolute Gasteiger partial charge is 0.273 e. The second-order valence-electron chi connectivity index (χ2n) is 6.37. The molecule has 138 valence electrons. The lowest BCUT2D eigenvalue weighted by atomic mass is 10.0. The van der Waals surface area contributed by atoms with E-state index in [2.05, 4.69) is 15.7 Å². The van der Waals surface area contributed by atoms with Gasteiger partial charge in [-0.05, 0) is 25.1 Å². The Morgan fingerprint density at radius 3 is 2.18 bits per heavy atom. The Bertz CT molecular complexity index is 1090. The molecule has 0 aliphatic carbocycles. The molecule has 0 saturated carbocycles. The summed E-state index contributed by atoms with van der Waals surface area (Å²) in [5, 5.41) is 8.81. The Morgan fingerprint density at radius 1 is 0.893 bits per heavy atom. The molecule has 0 spiro atoms. The van der Waals surface area contributed by atoms with Gasteiger partial charge in [-0.1, -0.05) is 48.0 Å². The molecule has 2 aromatic carbocycles. The summed E-state index contributed by atoms with van der Waals surface area (Å²) < 4.78 is 1.69. The van der Waals surface area contributed by atoms with Crippen molar-refractivity contribution in [1.29, 1.82) is 0 Å². The van der Waals surface area contributed by atoms with Crippen LogP contribution in [-0.4, -0.2) is 27.6 Å². The van der Waals surface area contributed by atoms with Gasteiger partial charge in [0.15, 0.2) is 0 Å². The van der Waals surface area contributed by atoms with Crippen LogP contribution in [0.1, 0.15) is 11.1 Å². The van der Waals surface area contributed by atoms with E-state index in [-0.39, 0.29) is 5.57 Å². The Kier molecular flexibility index (Phi) is 4.33. The van der Waals surface area contributed by atoms with Crippen molar-refractivity contribution >= 4 is 23.9 Å². The first kappa shape index (κ1) is 17.4. The van der Waals surface area contributed by atoms with Gasteiger partial charge in [0.2, 0.25) is 0 Å². The van der Waals surface area contributed by atoms with Crippen molar-refractivity contribution in [2.24, 2.45) is 0 Å². The zero-order valence-corrected chi connectivity index (χ0v) is 15.0. The number of carbonyl (C=O) groups excluding carboxylic acids is 3. The summed E-state index contributed by atoms with van der Waals surface area (Å²) >= 11 is 0. The van der Waals surface area contributed by atoms with Crippen molar-refractivity contribution in [1.82, 2.24) is 20.4 Å². The SMILES string of the molecule is Cc1ccc(-c2nn(-c3ccccc3)cc2C=C2C(=O)NC(=O)NC2=O)cc1. The largest absolute Gasteiger partial charge is 0.328 e. The fourth-order valence-corrected chi connectivity index (χ4v) is 2.90. The monoisotopic (exact) mass is 372 g/mol. The Hall–Kier alpha value is -4.00. The summed E-state index contributed by atoms with van der Waals surface area (Å²) in [4.78, 5) is 35.5. The van der Waals surface area contributed by atoms with E-state index in [4.69, 9.17) is 0 Å². The van der Waals surface area contributed by atoms with Gasteiger partial charge >= 0.3 is 6.03 Å². The normalized spacial score (nSPS) is 13.9. The molecule has 0 bridgehead atoms. The molecule has 28 heavy (non-hydrogen) atoms. The first-order valence-electron chi connectivity index (χ1n) is 8.62. The quantitative estimate of drug-likeness (QED) is 0.546. The standard InChI is InChI=1S/C21H16N4O3/c1-13-7-9-14(10-8-13)18-15(11-17-19(26)22-21(28)23-20(17)27)12-25(24-18)16-5-3-2-4-6-16/h2-12H,1H3,(H2,22,23,26,27,28). The first-order chi connectivity index (χ1) is 13.5. The maximum absolute atomic E-state index is 12.1. The molecule has 7 nitrogen and oxygen atoms in total. The summed E-state index contributed by atoms with van der Waals surface area (Å²) in [6, 6.07) is 16.5. The molecule has 1 saturated heterocycles. The van der Waals surface area contributed by atoms with E-state index >= 15 is 0 Å². The number of amides is 4. The molecule has 7 heteroatoms. The molecular weight excluding hydrogens is 356 g/mol. The fourth-order valence-electron chi connectivity index (χ4n) is 2.90. The number of barbiturate groups is 1. The number of para-hydroxylation sites is 1. The van der Waals surface area contributed by atoms with Crippen molar-refractivity contribution in [2.45, 2.75) is 6.92 Å². The summed E-state index contributed by atoms with van der Waals surface area (Å²) in [6.45, 7) is 1.99. The van der Waals surface area contributed by atoms with Crippen LogP contribution in [0.4, 0.5) is 4.79 Å². The zero-order chi connectivity index (χ0) is 19.7. The molecule has 4 rings (SSSR count). The third kappa shape index (κ3) is 3.33. The van der Waals surface area contributed by atoms with Crippen LogP contribution in [0.5, 0.6) is 0 Å². The summed E-state index contributed by atoms with van der Waals surface area (Å²) in [6.07, 6.45) is 3.19. The van der Waals surface area contributed by atoms with Crippen LogP contribution < -0.4 is 10.6 Å². The number of aryl methyl sites for hydroxylation is 1. The molecule has 0 radical (unpaired) electrons. The van der Waals surface area contributed by atoms with Gasteiger partial charge in [0.05, 0.1) is 11.4 Å². The van der Waals surface area contributed by atoms with Crippen molar-refractivity contribution in [3.63, 3.8) is 0 Å². The topological polar surface area (TPSA) is 93.1 Å². The van der Waals surface area contributed by atoms with Gasteiger partial charge in [0, 0.05) is 17.3 Å². The average Bonchev–Trinajstić information content (AvgIpc) is 3.10. The van der Waals surface area contributed by atoms with E-state index in [1.165, 1.54) is 6.08 Å². The Morgan fingerprint density at radius 2 is 1.54 bits per heavy atom. The number of nitrogens with one attached hydrogen (secondary N) is 2. The summed E-state index contributed by atoms with van der Waals surface area (Å²) in [5.74, 6) is -1.48. The minimum atomic E-state index is -0.828. The number of nitrogens with zero attached hydrogens (tertiary/aromatic N) is 2. The fraction of sp³-hybridized carbons (Fsp3) is 0.0476. The highest BCUT2D eigenvalue weighted by molar-refractivity contribution is 6.31. The summed E-state index contributed by atoms with van der Waals surface area (Å²) in [5.41, 5.74) is 3.85. The number of aromatic nitrogens is 2. The third-order valence-electron chi connectivity index (χ3n) is 4.33. The maximum atomic E-state index is 12.1. The molecule has 0 atom stereocenters. The van der Waals surface area contributed by atoms with Crippen molar-refractivity contribution in [3.05, 3.63) is 77.5 Å². The van der Waals surface area contributed by atoms with E-state index in [1.54, 1.807) is 10.9 Å². The Balaban J connectivity index is 1.85. The van der Waals surface area contributed by atoms with E-state index < -0.39 is 17.8 Å². The number of rotatable bonds is 3. The average molecular weight is 372 g/mol. The van der Waals surface area contributed by atoms with Gasteiger partial charge in [-0.15, -0.1) is 0 Å². The second-order valence-corrected chi connectivity index (χ2v) is 6.37. The number of urea groups is 1. The number of hydrogen-bond acceptors (Lipinski definition) is 4. The minimum absolute atomic E-state index is 0.152. The lowest BCUT2D eigenvalue weighted by Crippen LogP contribution is -2.51. The number of hydrogen-bond donors (Lipinski definition) is 2. The van der Waals surface area contributed by atoms with Crippen LogP contribution in [0.25, 0.3) is 23.0 Å². The highest BCUT2D eigenvalue weighted by Gasteiger charge is 2.28. The first-order valence-corrected chi connectivity index (χ1v) is 8.62. The predicted octanol–water partition coefficient (Wildman–Crippen LogP) is 2.60. The van der Waals surface area contributed by atoms with E-state index in [9.17, 15) is 14.4 Å². The maximum Gasteiger partial charge on any atom is 0.328 e. The van der Waals surface area contributed by atoms with E-state index in [0.29, 0.717) is 11.3 Å². The molecule has 1 aliphatic heterocycles. The van der Waals surface area contributed by atoms with Crippen molar-refractivity contribution < 1.29 is 14.4 Å². The molecule has 2 heterocycles. The van der Waals surface area contributed by atoms with Crippen LogP contribution in [-0.2, 0) is 9.59 Å². The molecule has 3 aromatic rings. The number of benzene rings is 2. The molecule has 0 unspecified atom stereocenters. The molecule has 1 aliphatic rings. The highest BCUT2D eigenvalue weighted by Crippen LogP contribution is 2.26. The minimum Gasteiger partial charge on any atom is -0.273 e. The third-order valence-corrected chi connectivity index (χ3v) is 4.33. The molecule has 2 N–H and O–H groups in total. The van der Waals surface area contributed by atoms with Crippen LogP contribution in [0.3, 0.4) is 0 Å². The lowest BCUT2D eigenvalue weighted by Gasteiger charge is -2.13. The van der Waals surface area contributed by atoms with E-state index in [0.717, 1.165) is 16.8 Å². The zero-order valence-electron chi connectivity index (χ0n) is 15.0. The van der Waals surface area contributed by atoms with Gasteiger partial charge in [-0.2, -0.15) is 5.10 Å². The van der Waals surface area contributed by atoms with Gasteiger partial charge in [0.1, 0.15) is 5.57 Å². The van der Waals surface area contributed by atoms with Crippen LogP contribution in [0.15, 0.2) is 66.4 Å². The van der Waals surface area contributed by atoms with Crippen molar-refractivity contribution in [3.8, 4) is 16.9 Å². The van der Waals surface area contributed by atoms with Gasteiger partial charge in [-0.25, -0.2) is 9.48 Å². The number of imide groups is 2. The van der Waals surface area contributed by atoms with Crippen LogP contribution in [0.2, 0.25) is 0 Å². The summed E-state index contributed by atoms with van der Waals surface area (Å²) in [7, 11) is 0. The Labute approximate surface area is 160 Å². The molecule has 1 aromatic heterocycles. The molecule has 1 fully saturated rings. The van der Waals surface area contributed by atoms with Crippen molar-refractivity contribution in [2.75, 3.05) is 0 Å². The molecule has 4 amide bonds. The molecular formula is C21H16N4O3. The highest BCUT2D eigenvalue weighted by atomic mass is 16.2. The lowest BCUT2D eigenvalue weighted by molar-refractivity contribution is -0.123. The van der Waals surface area contributed by atoms with Crippen LogP contribution in [0, 0.1) is 6.92 Å².